The van der Waals surface area contributed by atoms with Crippen LogP contribution in [0.15, 0.2) is 29.3 Å². The molecule has 1 saturated heterocycles. The van der Waals surface area contributed by atoms with E-state index >= 15 is 0 Å². The first-order chi connectivity index (χ1) is 11.4. The Hall–Kier alpha value is -1.60. The molecule has 6 nitrogen and oxygen atoms in total. The van der Waals surface area contributed by atoms with Crippen LogP contribution in [0.25, 0.3) is 0 Å². The summed E-state index contributed by atoms with van der Waals surface area (Å²) in [4.78, 5) is 6.57. The largest absolute Gasteiger partial charge is 0.352 e. The van der Waals surface area contributed by atoms with Gasteiger partial charge in [-0.15, -0.1) is 0 Å². The number of likely N-dealkylation sites (tertiary alicyclic amines) is 1. The topological polar surface area (TPSA) is 73.8 Å². The highest BCUT2D eigenvalue weighted by molar-refractivity contribution is 7.88. The van der Waals surface area contributed by atoms with E-state index in [2.05, 4.69) is 19.9 Å². The summed E-state index contributed by atoms with van der Waals surface area (Å²) < 4.78 is 27.0. The molecule has 0 atom stereocenters. The highest BCUT2D eigenvalue weighted by Gasteiger charge is 2.17. The van der Waals surface area contributed by atoms with Crippen molar-refractivity contribution in [2.75, 3.05) is 20.1 Å². The number of hydrogen-bond donors (Lipinski definition) is 2. The zero-order chi connectivity index (χ0) is 17.6. The minimum Gasteiger partial charge on any atom is -0.352 e. The van der Waals surface area contributed by atoms with Crippen molar-refractivity contribution in [3.8, 4) is 0 Å². The second-order valence-electron chi connectivity index (χ2n) is 6.40. The quantitative estimate of drug-likeness (QED) is 0.603. The van der Waals surface area contributed by atoms with E-state index in [1.165, 1.54) is 12.8 Å². The highest BCUT2D eigenvalue weighted by Crippen LogP contribution is 2.13. The van der Waals surface area contributed by atoms with E-state index in [0.717, 1.165) is 30.2 Å². The van der Waals surface area contributed by atoms with Gasteiger partial charge < -0.3 is 10.2 Å². The van der Waals surface area contributed by atoms with Crippen LogP contribution in [-0.2, 0) is 22.3 Å². The van der Waals surface area contributed by atoms with E-state index in [-0.39, 0.29) is 11.8 Å². The summed E-state index contributed by atoms with van der Waals surface area (Å²) in [6.45, 7) is 6.26. The first-order valence-electron chi connectivity index (χ1n) is 8.43. The molecule has 1 aromatic rings. The van der Waals surface area contributed by atoms with Crippen LogP contribution >= 0.6 is 0 Å². The van der Waals surface area contributed by atoms with Crippen molar-refractivity contribution in [3.63, 3.8) is 0 Å². The lowest BCUT2D eigenvalue weighted by molar-refractivity contribution is 0.493. The molecule has 134 valence electrons. The smallest absolute Gasteiger partial charge is 0.216 e. The van der Waals surface area contributed by atoms with Crippen LogP contribution in [0.4, 0.5) is 0 Å². The number of guanidine groups is 1. The fourth-order valence-corrected chi connectivity index (χ4v) is 4.40. The van der Waals surface area contributed by atoms with Gasteiger partial charge in [0.05, 0.1) is 5.75 Å². The molecule has 0 bridgehead atoms. The Morgan fingerprint density at radius 1 is 1.21 bits per heavy atom. The molecule has 0 saturated carbocycles. The Morgan fingerprint density at radius 3 is 2.42 bits per heavy atom. The lowest BCUT2D eigenvalue weighted by Gasteiger charge is -2.21. The Morgan fingerprint density at radius 2 is 1.83 bits per heavy atom. The number of benzene rings is 1. The van der Waals surface area contributed by atoms with E-state index in [9.17, 15) is 8.42 Å². The second-order valence-corrected chi connectivity index (χ2v) is 8.15. The van der Waals surface area contributed by atoms with Crippen molar-refractivity contribution in [3.05, 3.63) is 35.4 Å². The molecular weight excluding hydrogens is 324 g/mol. The van der Waals surface area contributed by atoms with Gasteiger partial charge in [-0.1, -0.05) is 24.3 Å². The van der Waals surface area contributed by atoms with Crippen LogP contribution in [0.2, 0.25) is 0 Å². The van der Waals surface area contributed by atoms with Crippen LogP contribution in [-0.4, -0.2) is 45.5 Å². The Bertz CT molecular complexity index is 665. The normalized spacial score (nSPS) is 16.0. The average Bonchev–Trinajstić information content (AvgIpc) is 3.02. The second kappa shape index (κ2) is 8.48. The summed E-state index contributed by atoms with van der Waals surface area (Å²) in [5.74, 6) is 0.871. The average molecular weight is 353 g/mol. The molecule has 0 aromatic heterocycles. The van der Waals surface area contributed by atoms with Gasteiger partial charge in [-0.05, 0) is 37.8 Å². The van der Waals surface area contributed by atoms with Crippen LogP contribution in [0.1, 0.15) is 37.8 Å². The Balaban J connectivity index is 2.05. The van der Waals surface area contributed by atoms with E-state index in [1.54, 1.807) is 7.05 Å². The molecule has 0 spiro atoms. The van der Waals surface area contributed by atoms with E-state index in [0.29, 0.717) is 6.54 Å². The molecule has 0 unspecified atom stereocenters. The lowest BCUT2D eigenvalue weighted by atomic mass is 10.1. The molecule has 24 heavy (non-hydrogen) atoms. The number of nitrogens with one attached hydrogen (secondary N) is 2. The molecule has 0 aliphatic carbocycles. The van der Waals surface area contributed by atoms with E-state index in [4.69, 9.17) is 0 Å². The Labute approximate surface area is 145 Å². The van der Waals surface area contributed by atoms with Gasteiger partial charge in [0, 0.05) is 32.7 Å². The SMILES string of the molecule is CN=C(NCc1ccccc1CS(=O)(=O)NC(C)C)N1CCCC1. The van der Waals surface area contributed by atoms with Crippen molar-refractivity contribution in [2.45, 2.75) is 45.0 Å². The van der Waals surface area contributed by atoms with Crippen LogP contribution in [0.3, 0.4) is 0 Å². The third kappa shape index (κ3) is 5.49. The van der Waals surface area contributed by atoms with Gasteiger partial charge >= 0.3 is 0 Å². The van der Waals surface area contributed by atoms with Gasteiger partial charge in [0.1, 0.15) is 0 Å². The van der Waals surface area contributed by atoms with Crippen molar-refractivity contribution in [2.24, 2.45) is 4.99 Å². The number of aliphatic imine (C=N–C) groups is 1. The molecule has 0 amide bonds. The molecule has 2 N–H and O–H groups in total. The van der Waals surface area contributed by atoms with Crippen LogP contribution < -0.4 is 10.0 Å². The maximum absolute atomic E-state index is 12.2. The summed E-state index contributed by atoms with van der Waals surface area (Å²) in [5.41, 5.74) is 1.79. The summed E-state index contributed by atoms with van der Waals surface area (Å²) >= 11 is 0. The van der Waals surface area contributed by atoms with Gasteiger partial charge in [-0.2, -0.15) is 0 Å². The summed E-state index contributed by atoms with van der Waals surface area (Å²) in [6.07, 6.45) is 2.38. The van der Waals surface area contributed by atoms with Crippen LogP contribution in [0.5, 0.6) is 0 Å². The summed E-state index contributed by atoms with van der Waals surface area (Å²) in [7, 11) is -1.55. The molecule has 1 fully saturated rings. The minimum atomic E-state index is -3.33. The third-order valence-electron chi connectivity index (χ3n) is 3.93. The molecule has 1 aliphatic heterocycles. The maximum atomic E-state index is 12.2. The van der Waals surface area contributed by atoms with Gasteiger partial charge in [-0.3, -0.25) is 4.99 Å². The van der Waals surface area contributed by atoms with Crippen molar-refractivity contribution in [1.82, 2.24) is 14.9 Å². The molecule has 2 rings (SSSR count). The first-order valence-corrected chi connectivity index (χ1v) is 10.1. The van der Waals surface area contributed by atoms with Gasteiger partial charge in [0.2, 0.25) is 10.0 Å². The number of sulfonamides is 1. The van der Waals surface area contributed by atoms with Crippen LogP contribution in [0, 0.1) is 0 Å². The number of hydrogen-bond acceptors (Lipinski definition) is 3. The molecule has 1 heterocycles. The molecule has 1 aromatic carbocycles. The van der Waals surface area contributed by atoms with Crippen molar-refractivity contribution >= 4 is 16.0 Å². The number of rotatable bonds is 6. The van der Waals surface area contributed by atoms with E-state index in [1.807, 2.05) is 38.1 Å². The van der Waals surface area contributed by atoms with Crippen molar-refractivity contribution < 1.29 is 8.42 Å². The fraction of sp³-hybridized carbons (Fsp3) is 0.588. The predicted octanol–water partition coefficient (Wildman–Crippen LogP) is 1.69. The van der Waals surface area contributed by atoms with Gasteiger partial charge in [-0.25, -0.2) is 13.1 Å². The fourth-order valence-electron chi connectivity index (χ4n) is 2.91. The molecular formula is C17H28N4O2S. The predicted molar refractivity (Wildman–Crippen MR) is 98.3 cm³/mol. The van der Waals surface area contributed by atoms with Gasteiger partial charge in [0.25, 0.3) is 0 Å². The zero-order valence-electron chi connectivity index (χ0n) is 14.7. The lowest BCUT2D eigenvalue weighted by Crippen LogP contribution is -2.39. The molecule has 7 heteroatoms. The molecule has 1 aliphatic rings. The third-order valence-corrected chi connectivity index (χ3v) is 5.46. The summed E-state index contributed by atoms with van der Waals surface area (Å²) in [6, 6.07) is 7.54. The monoisotopic (exact) mass is 352 g/mol. The summed E-state index contributed by atoms with van der Waals surface area (Å²) in [5, 5.41) is 3.36. The first kappa shape index (κ1) is 18.7. The Kier molecular flexibility index (Phi) is 6.62. The van der Waals surface area contributed by atoms with Gasteiger partial charge in [0.15, 0.2) is 5.96 Å². The highest BCUT2D eigenvalue weighted by atomic mass is 32.2. The number of nitrogens with zero attached hydrogens (tertiary/aromatic N) is 2. The zero-order valence-corrected chi connectivity index (χ0v) is 15.6. The molecule has 0 radical (unpaired) electrons. The standard InChI is InChI=1S/C17H28N4O2S/c1-14(2)20-24(22,23)13-16-9-5-4-8-15(16)12-19-17(18-3)21-10-6-7-11-21/h4-5,8-9,14,20H,6-7,10-13H2,1-3H3,(H,18,19). The van der Waals surface area contributed by atoms with E-state index < -0.39 is 10.0 Å². The van der Waals surface area contributed by atoms with Crippen molar-refractivity contribution in [1.29, 1.82) is 0 Å². The minimum absolute atomic E-state index is 0.00858. The maximum Gasteiger partial charge on any atom is 0.216 e.